The van der Waals surface area contributed by atoms with Gasteiger partial charge < -0.3 is 4.74 Å². The van der Waals surface area contributed by atoms with Crippen molar-refractivity contribution in [2.45, 2.75) is 27.2 Å². The smallest absolute Gasteiger partial charge is 0.311 e. The molecule has 0 N–H and O–H groups in total. The van der Waals surface area contributed by atoms with Crippen molar-refractivity contribution in [3.63, 3.8) is 0 Å². The summed E-state index contributed by atoms with van der Waals surface area (Å²) in [4.78, 5) is 10.9. The summed E-state index contributed by atoms with van der Waals surface area (Å²) in [6.45, 7) is 9.87. The molecule has 1 heterocycles. The quantitative estimate of drug-likeness (QED) is 0.499. The van der Waals surface area contributed by atoms with Crippen molar-refractivity contribution in [1.82, 2.24) is 0 Å². The average Bonchev–Trinajstić information content (AvgIpc) is 1.84. The third-order valence-electron chi connectivity index (χ3n) is 2.66. The van der Waals surface area contributed by atoms with Gasteiger partial charge >= 0.3 is 5.97 Å². The second-order valence-electron chi connectivity index (χ2n) is 3.72. The zero-order valence-electron chi connectivity index (χ0n) is 7.31. The predicted octanol–water partition coefficient (Wildman–Crippen LogP) is 2.11. The minimum Gasteiger partial charge on any atom is -0.431 e. The number of carbonyl (C=O) groups excluding carboxylic acids is 1. The molecule has 2 heteroatoms. The number of ether oxygens (including phenoxy) is 1. The first-order valence-electron chi connectivity index (χ1n) is 3.84. The summed E-state index contributed by atoms with van der Waals surface area (Å²) in [7, 11) is 0. The van der Waals surface area contributed by atoms with Gasteiger partial charge in [0.25, 0.3) is 0 Å². The fraction of sp³-hybridized carbons (Fsp3) is 0.667. The maximum absolute atomic E-state index is 10.9. The number of hydrogen-bond donors (Lipinski definition) is 0. The van der Waals surface area contributed by atoms with Crippen LogP contribution in [0.15, 0.2) is 12.3 Å². The van der Waals surface area contributed by atoms with Gasteiger partial charge in [-0.1, -0.05) is 27.4 Å². The Morgan fingerprint density at radius 2 is 2.18 bits per heavy atom. The zero-order valence-corrected chi connectivity index (χ0v) is 7.31. The van der Waals surface area contributed by atoms with E-state index in [0.29, 0.717) is 18.1 Å². The van der Waals surface area contributed by atoms with Crippen LogP contribution in [0.25, 0.3) is 0 Å². The van der Waals surface area contributed by atoms with E-state index in [4.69, 9.17) is 4.74 Å². The molecule has 0 aromatic rings. The van der Waals surface area contributed by atoms with E-state index in [0.717, 1.165) is 0 Å². The van der Waals surface area contributed by atoms with Crippen molar-refractivity contribution in [3.8, 4) is 0 Å². The monoisotopic (exact) mass is 154 g/mol. The molecule has 1 unspecified atom stereocenters. The van der Waals surface area contributed by atoms with E-state index in [-0.39, 0.29) is 11.4 Å². The van der Waals surface area contributed by atoms with Gasteiger partial charge in [0.2, 0.25) is 0 Å². The van der Waals surface area contributed by atoms with Crippen molar-refractivity contribution < 1.29 is 9.53 Å². The largest absolute Gasteiger partial charge is 0.431 e. The Labute approximate surface area is 67.2 Å². The highest BCUT2D eigenvalue weighted by atomic mass is 16.5. The third-order valence-corrected chi connectivity index (χ3v) is 2.66. The van der Waals surface area contributed by atoms with E-state index in [1.54, 1.807) is 0 Å². The SMILES string of the molecule is C=C1OC(=O)CC(C)C1(C)C. The summed E-state index contributed by atoms with van der Waals surface area (Å²) in [5, 5.41) is 0. The molecule has 62 valence electrons. The fourth-order valence-corrected chi connectivity index (χ4v) is 1.09. The highest BCUT2D eigenvalue weighted by Crippen LogP contribution is 2.40. The molecule has 2 nitrogen and oxygen atoms in total. The van der Waals surface area contributed by atoms with Crippen molar-refractivity contribution in [2.24, 2.45) is 11.3 Å². The van der Waals surface area contributed by atoms with Crippen LogP contribution in [0.4, 0.5) is 0 Å². The van der Waals surface area contributed by atoms with E-state index in [1.165, 1.54) is 0 Å². The van der Waals surface area contributed by atoms with Crippen LogP contribution in [0.3, 0.4) is 0 Å². The number of esters is 1. The molecule has 0 radical (unpaired) electrons. The Hall–Kier alpha value is -0.790. The maximum atomic E-state index is 10.9. The summed E-state index contributed by atoms with van der Waals surface area (Å²) in [6, 6.07) is 0. The van der Waals surface area contributed by atoms with E-state index in [2.05, 4.69) is 6.58 Å². The van der Waals surface area contributed by atoms with Crippen molar-refractivity contribution in [3.05, 3.63) is 12.3 Å². The minimum atomic E-state index is -0.151. The normalized spacial score (nSPS) is 29.9. The molecule has 0 saturated carbocycles. The topological polar surface area (TPSA) is 26.3 Å². The molecule has 1 saturated heterocycles. The Bertz CT molecular complexity index is 204. The lowest BCUT2D eigenvalue weighted by Gasteiger charge is -2.36. The van der Waals surface area contributed by atoms with Crippen LogP contribution >= 0.6 is 0 Å². The molecule has 1 rings (SSSR count). The lowest BCUT2D eigenvalue weighted by Crippen LogP contribution is -2.33. The van der Waals surface area contributed by atoms with Crippen LogP contribution in [0.5, 0.6) is 0 Å². The van der Waals surface area contributed by atoms with Gasteiger partial charge in [-0.15, -0.1) is 0 Å². The van der Waals surface area contributed by atoms with Crippen LogP contribution in [-0.4, -0.2) is 5.97 Å². The molecular weight excluding hydrogens is 140 g/mol. The van der Waals surface area contributed by atoms with E-state index in [9.17, 15) is 4.79 Å². The maximum Gasteiger partial charge on any atom is 0.311 e. The Balaban J connectivity index is 2.84. The van der Waals surface area contributed by atoms with Crippen molar-refractivity contribution in [1.29, 1.82) is 0 Å². The number of cyclic esters (lactones) is 1. The van der Waals surface area contributed by atoms with Crippen LogP contribution in [0.2, 0.25) is 0 Å². The molecule has 0 bridgehead atoms. The number of allylic oxidation sites excluding steroid dienone is 1. The van der Waals surface area contributed by atoms with Crippen LogP contribution in [0.1, 0.15) is 27.2 Å². The summed E-state index contributed by atoms with van der Waals surface area (Å²) in [5.41, 5.74) is -0.0616. The Morgan fingerprint density at radius 1 is 1.64 bits per heavy atom. The second-order valence-corrected chi connectivity index (χ2v) is 3.72. The average molecular weight is 154 g/mol. The lowest BCUT2D eigenvalue weighted by molar-refractivity contribution is -0.148. The predicted molar refractivity (Wildman–Crippen MR) is 42.8 cm³/mol. The molecular formula is C9H14O2. The first-order chi connectivity index (χ1) is 4.94. The van der Waals surface area contributed by atoms with Gasteiger partial charge in [0.15, 0.2) is 0 Å². The van der Waals surface area contributed by atoms with Crippen LogP contribution in [0, 0.1) is 11.3 Å². The van der Waals surface area contributed by atoms with Gasteiger partial charge in [-0.25, -0.2) is 0 Å². The molecule has 11 heavy (non-hydrogen) atoms. The Kier molecular flexibility index (Phi) is 1.78. The summed E-state index contributed by atoms with van der Waals surface area (Å²) in [6.07, 6.45) is 0.506. The van der Waals surface area contributed by atoms with Crippen LogP contribution < -0.4 is 0 Å². The number of hydrogen-bond acceptors (Lipinski definition) is 2. The van der Waals surface area contributed by atoms with Crippen molar-refractivity contribution >= 4 is 5.97 Å². The zero-order chi connectivity index (χ0) is 8.65. The molecule has 0 amide bonds. The van der Waals surface area contributed by atoms with Gasteiger partial charge in [0.05, 0.1) is 0 Å². The standard InChI is InChI=1S/C9H14O2/c1-6-5-8(10)11-7(2)9(6,3)4/h6H,2,5H2,1,3-4H3. The molecule has 1 fully saturated rings. The molecule has 1 aliphatic heterocycles. The lowest BCUT2D eigenvalue weighted by atomic mass is 9.75. The van der Waals surface area contributed by atoms with Crippen LogP contribution in [-0.2, 0) is 9.53 Å². The molecule has 0 spiro atoms. The second kappa shape index (κ2) is 2.36. The Morgan fingerprint density at radius 3 is 2.64 bits per heavy atom. The molecule has 0 aliphatic carbocycles. The summed E-state index contributed by atoms with van der Waals surface area (Å²) >= 11 is 0. The minimum absolute atomic E-state index is 0.0616. The van der Waals surface area contributed by atoms with E-state index >= 15 is 0 Å². The molecule has 0 aromatic carbocycles. The molecule has 0 aromatic heterocycles. The van der Waals surface area contributed by atoms with Gasteiger partial charge in [0, 0.05) is 11.8 Å². The fourth-order valence-electron chi connectivity index (χ4n) is 1.09. The highest BCUT2D eigenvalue weighted by molar-refractivity contribution is 5.72. The third kappa shape index (κ3) is 1.30. The molecule has 1 aliphatic rings. The first kappa shape index (κ1) is 8.31. The first-order valence-corrected chi connectivity index (χ1v) is 3.84. The molecule has 1 atom stereocenters. The highest BCUT2D eigenvalue weighted by Gasteiger charge is 2.37. The van der Waals surface area contributed by atoms with Gasteiger partial charge in [0.1, 0.15) is 5.76 Å². The summed E-state index contributed by atoms with van der Waals surface area (Å²) < 4.78 is 4.94. The van der Waals surface area contributed by atoms with Crippen molar-refractivity contribution in [2.75, 3.05) is 0 Å². The van der Waals surface area contributed by atoms with Gasteiger partial charge in [-0.3, -0.25) is 4.79 Å². The van der Waals surface area contributed by atoms with Gasteiger partial charge in [-0.05, 0) is 5.92 Å². The summed E-state index contributed by atoms with van der Waals surface area (Å²) in [5.74, 6) is 0.777. The van der Waals surface area contributed by atoms with E-state index in [1.807, 2.05) is 20.8 Å². The number of carbonyl (C=O) groups is 1. The van der Waals surface area contributed by atoms with E-state index < -0.39 is 0 Å². The number of rotatable bonds is 0. The van der Waals surface area contributed by atoms with Gasteiger partial charge in [-0.2, -0.15) is 0 Å².